The molecule has 0 fully saturated rings. The minimum atomic E-state index is -3.13. The second-order valence-electron chi connectivity index (χ2n) is 6.14. The maximum atomic E-state index is 11.7. The molecule has 0 spiro atoms. The molecular formula is C14H23NO2S. The SMILES string of the molecule is CC(C)(N)Cc1ccc(C(C)(C)S(C)(=O)=O)cc1. The van der Waals surface area contributed by atoms with Crippen LogP contribution in [0.15, 0.2) is 24.3 Å². The molecule has 0 bridgehead atoms. The summed E-state index contributed by atoms with van der Waals surface area (Å²) < 4.78 is 22.6. The molecule has 0 heterocycles. The zero-order chi connectivity index (χ0) is 14.2. The lowest BCUT2D eigenvalue weighted by molar-refractivity contribution is 0.516. The van der Waals surface area contributed by atoms with E-state index in [1.807, 2.05) is 38.1 Å². The van der Waals surface area contributed by atoms with Crippen LogP contribution in [0.2, 0.25) is 0 Å². The van der Waals surface area contributed by atoms with E-state index >= 15 is 0 Å². The van der Waals surface area contributed by atoms with Gasteiger partial charge in [-0.3, -0.25) is 0 Å². The fourth-order valence-electron chi connectivity index (χ4n) is 1.76. The van der Waals surface area contributed by atoms with Gasteiger partial charge < -0.3 is 5.73 Å². The topological polar surface area (TPSA) is 60.2 Å². The van der Waals surface area contributed by atoms with Crippen LogP contribution in [0.4, 0.5) is 0 Å². The lowest BCUT2D eigenvalue weighted by Gasteiger charge is -2.24. The van der Waals surface area contributed by atoms with Gasteiger partial charge in [-0.1, -0.05) is 24.3 Å². The number of hydrogen-bond donors (Lipinski definition) is 1. The summed E-state index contributed by atoms with van der Waals surface area (Å²) >= 11 is 0. The molecule has 1 rings (SSSR count). The normalized spacial score (nSPS) is 13.7. The highest BCUT2D eigenvalue weighted by molar-refractivity contribution is 7.91. The Labute approximate surface area is 110 Å². The molecule has 0 aliphatic carbocycles. The Morgan fingerprint density at radius 3 is 1.83 bits per heavy atom. The van der Waals surface area contributed by atoms with Crippen LogP contribution < -0.4 is 5.73 Å². The van der Waals surface area contributed by atoms with Crippen LogP contribution in [0.25, 0.3) is 0 Å². The average molecular weight is 269 g/mol. The van der Waals surface area contributed by atoms with E-state index in [0.717, 1.165) is 17.5 Å². The third-order valence-corrected chi connectivity index (χ3v) is 5.33. The molecular weight excluding hydrogens is 246 g/mol. The number of benzene rings is 1. The Kier molecular flexibility index (Phi) is 3.94. The second kappa shape index (κ2) is 4.67. The molecule has 0 aromatic heterocycles. The number of hydrogen-bond acceptors (Lipinski definition) is 3. The molecule has 2 N–H and O–H groups in total. The van der Waals surface area contributed by atoms with E-state index in [1.165, 1.54) is 6.26 Å². The van der Waals surface area contributed by atoms with Crippen LogP contribution in [-0.2, 0) is 21.0 Å². The molecule has 0 saturated carbocycles. The van der Waals surface area contributed by atoms with E-state index in [0.29, 0.717) is 0 Å². The maximum Gasteiger partial charge on any atom is 0.156 e. The molecule has 0 amide bonds. The first kappa shape index (κ1) is 15.2. The molecule has 0 aliphatic rings. The molecule has 0 unspecified atom stereocenters. The third-order valence-electron chi connectivity index (χ3n) is 3.24. The molecule has 1 aromatic rings. The number of nitrogens with two attached hydrogens (primary N) is 1. The smallest absolute Gasteiger partial charge is 0.156 e. The minimum absolute atomic E-state index is 0.256. The first-order valence-corrected chi connectivity index (χ1v) is 7.90. The van der Waals surface area contributed by atoms with E-state index in [4.69, 9.17) is 5.73 Å². The predicted molar refractivity (Wildman–Crippen MR) is 76.3 cm³/mol. The largest absolute Gasteiger partial charge is 0.325 e. The summed E-state index contributed by atoms with van der Waals surface area (Å²) in [6.07, 6.45) is 2.04. The van der Waals surface area contributed by atoms with Crippen molar-refractivity contribution in [3.63, 3.8) is 0 Å². The van der Waals surface area contributed by atoms with Gasteiger partial charge >= 0.3 is 0 Å². The van der Waals surface area contributed by atoms with Crippen molar-refractivity contribution in [2.24, 2.45) is 5.73 Å². The summed E-state index contributed by atoms with van der Waals surface area (Å²) in [5.41, 5.74) is 7.64. The van der Waals surface area contributed by atoms with E-state index < -0.39 is 14.6 Å². The van der Waals surface area contributed by atoms with E-state index in [-0.39, 0.29) is 5.54 Å². The quantitative estimate of drug-likeness (QED) is 0.912. The lowest BCUT2D eigenvalue weighted by atomic mass is 9.94. The van der Waals surface area contributed by atoms with Gasteiger partial charge in [0.25, 0.3) is 0 Å². The molecule has 0 aliphatic heterocycles. The van der Waals surface area contributed by atoms with E-state index in [2.05, 4.69) is 0 Å². The summed E-state index contributed by atoms with van der Waals surface area (Å²) in [6, 6.07) is 7.66. The second-order valence-corrected chi connectivity index (χ2v) is 8.71. The molecule has 18 heavy (non-hydrogen) atoms. The van der Waals surface area contributed by atoms with Crippen molar-refractivity contribution in [1.82, 2.24) is 0 Å². The van der Waals surface area contributed by atoms with E-state index in [9.17, 15) is 8.42 Å². The summed E-state index contributed by atoms with van der Waals surface area (Å²) in [5, 5.41) is 0. The van der Waals surface area contributed by atoms with Crippen molar-refractivity contribution in [3.05, 3.63) is 35.4 Å². The summed E-state index contributed by atoms with van der Waals surface area (Å²) in [6.45, 7) is 7.40. The van der Waals surface area contributed by atoms with Gasteiger partial charge in [-0.05, 0) is 45.2 Å². The van der Waals surface area contributed by atoms with Gasteiger partial charge in [0.05, 0.1) is 4.75 Å². The van der Waals surface area contributed by atoms with Gasteiger partial charge in [0.2, 0.25) is 0 Å². The Bertz CT molecular complexity index is 508. The van der Waals surface area contributed by atoms with Gasteiger partial charge in [-0.2, -0.15) is 0 Å². The number of sulfone groups is 1. The molecule has 4 heteroatoms. The Morgan fingerprint density at radius 2 is 1.50 bits per heavy atom. The monoisotopic (exact) mass is 269 g/mol. The van der Waals surface area contributed by atoms with Gasteiger partial charge in [0.1, 0.15) is 0 Å². The first-order valence-electron chi connectivity index (χ1n) is 6.01. The first-order chi connectivity index (χ1) is 7.93. The van der Waals surface area contributed by atoms with E-state index in [1.54, 1.807) is 13.8 Å². The highest BCUT2D eigenvalue weighted by atomic mass is 32.2. The van der Waals surface area contributed by atoms with Gasteiger partial charge in [0, 0.05) is 11.8 Å². The molecule has 1 aromatic carbocycles. The highest BCUT2D eigenvalue weighted by Gasteiger charge is 2.32. The van der Waals surface area contributed by atoms with Crippen LogP contribution in [0.3, 0.4) is 0 Å². The van der Waals surface area contributed by atoms with Crippen LogP contribution >= 0.6 is 0 Å². The van der Waals surface area contributed by atoms with Crippen molar-refractivity contribution < 1.29 is 8.42 Å². The Hall–Kier alpha value is -0.870. The third kappa shape index (κ3) is 3.56. The Morgan fingerprint density at radius 1 is 1.06 bits per heavy atom. The van der Waals surface area contributed by atoms with Crippen LogP contribution in [0, 0.1) is 0 Å². The van der Waals surface area contributed by atoms with Crippen molar-refractivity contribution in [2.75, 3.05) is 6.26 Å². The molecule has 0 radical (unpaired) electrons. The van der Waals surface area contributed by atoms with Crippen LogP contribution in [0.1, 0.15) is 38.8 Å². The van der Waals surface area contributed by atoms with Crippen molar-refractivity contribution in [2.45, 2.75) is 44.4 Å². The van der Waals surface area contributed by atoms with Crippen LogP contribution in [-0.4, -0.2) is 20.2 Å². The fourth-order valence-corrected chi connectivity index (χ4v) is 2.33. The lowest BCUT2D eigenvalue weighted by Crippen LogP contribution is -2.34. The van der Waals surface area contributed by atoms with Crippen molar-refractivity contribution in [1.29, 1.82) is 0 Å². The molecule has 102 valence electrons. The number of rotatable bonds is 4. The van der Waals surface area contributed by atoms with Crippen molar-refractivity contribution >= 4 is 9.84 Å². The fraction of sp³-hybridized carbons (Fsp3) is 0.571. The molecule has 3 nitrogen and oxygen atoms in total. The summed E-state index contributed by atoms with van der Waals surface area (Å²) in [4.78, 5) is 0. The Balaban J connectivity index is 3.04. The predicted octanol–water partition coefficient (Wildman–Crippen LogP) is 2.25. The van der Waals surface area contributed by atoms with Gasteiger partial charge in [-0.15, -0.1) is 0 Å². The summed E-state index contributed by atoms with van der Waals surface area (Å²) in [5.74, 6) is 0. The van der Waals surface area contributed by atoms with Gasteiger partial charge in [-0.25, -0.2) is 8.42 Å². The highest BCUT2D eigenvalue weighted by Crippen LogP contribution is 2.29. The van der Waals surface area contributed by atoms with Gasteiger partial charge in [0.15, 0.2) is 9.84 Å². The zero-order valence-corrected chi connectivity index (χ0v) is 12.6. The molecule has 0 saturated heterocycles. The zero-order valence-electron chi connectivity index (χ0n) is 11.8. The average Bonchev–Trinajstić information content (AvgIpc) is 2.14. The van der Waals surface area contributed by atoms with Crippen molar-refractivity contribution in [3.8, 4) is 0 Å². The van der Waals surface area contributed by atoms with Crippen LogP contribution in [0.5, 0.6) is 0 Å². The minimum Gasteiger partial charge on any atom is -0.325 e. The standard InChI is InChI=1S/C14H23NO2S/c1-13(2,15)10-11-6-8-12(9-7-11)14(3,4)18(5,16)17/h6-9H,10,15H2,1-5H3. The summed E-state index contributed by atoms with van der Waals surface area (Å²) in [7, 11) is -3.13. The molecule has 0 atom stereocenters. The maximum absolute atomic E-state index is 11.7.